The van der Waals surface area contributed by atoms with Gasteiger partial charge in [-0.1, -0.05) is 0 Å². The summed E-state index contributed by atoms with van der Waals surface area (Å²) < 4.78 is 5.01. The molecule has 1 aliphatic rings. The first kappa shape index (κ1) is 8.16. The highest BCUT2D eigenvalue weighted by Crippen LogP contribution is 2.04. The quantitative estimate of drug-likeness (QED) is 0.564. The van der Waals surface area contributed by atoms with Gasteiger partial charge in [0.2, 0.25) is 0 Å². The van der Waals surface area contributed by atoms with Crippen molar-refractivity contribution < 1.29 is 14.6 Å². The lowest BCUT2D eigenvalue weighted by molar-refractivity contribution is -0.139. The number of ether oxygens (including phenoxy) is 1. The monoisotopic (exact) mass is 158 g/mol. The third kappa shape index (κ3) is 2.28. The van der Waals surface area contributed by atoms with Crippen molar-refractivity contribution in [3.8, 4) is 0 Å². The molecular weight excluding hydrogens is 148 g/mol. The highest BCUT2D eigenvalue weighted by Gasteiger charge is 2.19. The number of hydrogen-bond donors (Lipinski definition) is 2. The zero-order valence-electron chi connectivity index (χ0n) is 5.93. The van der Waals surface area contributed by atoms with Crippen LogP contribution >= 0.6 is 0 Å². The van der Waals surface area contributed by atoms with Crippen LogP contribution in [0.4, 0.5) is 0 Å². The SMILES string of the molecule is NC(CC1C=NCO1)C(=O)O. The molecule has 0 saturated heterocycles. The van der Waals surface area contributed by atoms with Crippen molar-refractivity contribution in [2.75, 3.05) is 6.73 Å². The number of hydrogen-bond acceptors (Lipinski definition) is 4. The summed E-state index contributed by atoms with van der Waals surface area (Å²) in [4.78, 5) is 14.0. The van der Waals surface area contributed by atoms with Crippen LogP contribution in [0, 0.1) is 0 Å². The molecular formula is C6H10N2O3. The lowest BCUT2D eigenvalue weighted by Gasteiger charge is -2.09. The number of aliphatic imine (C=N–C) groups is 1. The Labute approximate surface area is 63.9 Å². The van der Waals surface area contributed by atoms with E-state index in [1.165, 1.54) is 0 Å². The summed E-state index contributed by atoms with van der Waals surface area (Å²) in [5.41, 5.74) is 5.26. The van der Waals surface area contributed by atoms with Crippen molar-refractivity contribution in [2.24, 2.45) is 10.7 Å². The van der Waals surface area contributed by atoms with Gasteiger partial charge in [0.1, 0.15) is 12.8 Å². The molecule has 0 amide bonds. The summed E-state index contributed by atoms with van der Waals surface area (Å²) in [5, 5.41) is 8.42. The average molecular weight is 158 g/mol. The van der Waals surface area contributed by atoms with Gasteiger partial charge in [0.15, 0.2) is 0 Å². The third-order valence-corrected chi connectivity index (χ3v) is 1.44. The second-order valence-electron chi connectivity index (χ2n) is 2.35. The zero-order chi connectivity index (χ0) is 8.27. The molecule has 11 heavy (non-hydrogen) atoms. The lowest BCUT2D eigenvalue weighted by Crippen LogP contribution is -2.34. The summed E-state index contributed by atoms with van der Waals surface area (Å²) in [6, 6.07) is -0.857. The second kappa shape index (κ2) is 3.45. The van der Waals surface area contributed by atoms with Crippen molar-refractivity contribution in [1.82, 2.24) is 0 Å². The molecule has 2 unspecified atom stereocenters. The molecule has 0 aromatic carbocycles. The van der Waals surface area contributed by atoms with Gasteiger partial charge in [-0.25, -0.2) is 0 Å². The minimum atomic E-state index is -1.01. The van der Waals surface area contributed by atoms with Crippen LogP contribution in [-0.2, 0) is 9.53 Å². The molecule has 0 bridgehead atoms. The zero-order valence-corrected chi connectivity index (χ0v) is 5.93. The lowest BCUT2D eigenvalue weighted by atomic mass is 10.1. The van der Waals surface area contributed by atoms with E-state index < -0.39 is 12.0 Å². The maximum Gasteiger partial charge on any atom is 0.320 e. The molecule has 0 saturated carbocycles. The van der Waals surface area contributed by atoms with Crippen LogP contribution in [0.15, 0.2) is 4.99 Å². The number of carboxylic acids is 1. The minimum absolute atomic E-state index is 0.221. The first-order chi connectivity index (χ1) is 5.20. The van der Waals surface area contributed by atoms with Crippen LogP contribution in [-0.4, -0.2) is 36.2 Å². The predicted octanol–water partition coefficient (Wildman–Crippen LogP) is -0.785. The summed E-state index contributed by atoms with van der Waals surface area (Å²) in [6.07, 6.45) is 1.66. The molecule has 1 aliphatic heterocycles. The van der Waals surface area contributed by atoms with Crippen LogP contribution in [0.1, 0.15) is 6.42 Å². The van der Waals surface area contributed by atoms with E-state index in [1.54, 1.807) is 6.21 Å². The number of nitrogens with two attached hydrogens (primary N) is 1. The Balaban J connectivity index is 2.29. The summed E-state index contributed by atoms with van der Waals surface area (Å²) >= 11 is 0. The highest BCUT2D eigenvalue weighted by atomic mass is 16.5. The second-order valence-corrected chi connectivity index (χ2v) is 2.35. The van der Waals surface area contributed by atoms with Crippen LogP contribution < -0.4 is 5.73 Å². The van der Waals surface area contributed by atoms with E-state index in [9.17, 15) is 4.79 Å². The Morgan fingerprint density at radius 1 is 2.00 bits per heavy atom. The Hall–Kier alpha value is -0.940. The van der Waals surface area contributed by atoms with Gasteiger partial charge in [0.25, 0.3) is 0 Å². The fourth-order valence-corrected chi connectivity index (χ4v) is 0.822. The molecule has 5 heteroatoms. The minimum Gasteiger partial charge on any atom is -0.480 e. The molecule has 62 valence electrons. The molecule has 5 nitrogen and oxygen atoms in total. The number of carboxylic acid groups (broad SMARTS) is 1. The van der Waals surface area contributed by atoms with Crippen LogP contribution in [0.25, 0.3) is 0 Å². The fraction of sp³-hybridized carbons (Fsp3) is 0.667. The number of rotatable bonds is 3. The van der Waals surface area contributed by atoms with E-state index in [2.05, 4.69) is 4.99 Å². The first-order valence-corrected chi connectivity index (χ1v) is 3.30. The molecule has 1 rings (SSSR count). The molecule has 1 heterocycles. The molecule has 0 aliphatic carbocycles. The van der Waals surface area contributed by atoms with Gasteiger partial charge in [-0.05, 0) is 0 Å². The molecule has 2 atom stereocenters. The summed E-state index contributed by atoms with van der Waals surface area (Å²) in [6.45, 7) is 0.316. The van der Waals surface area contributed by atoms with E-state index in [-0.39, 0.29) is 6.10 Å². The van der Waals surface area contributed by atoms with Crippen LogP contribution in [0.5, 0.6) is 0 Å². The summed E-state index contributed by atoms with van der Waals surface area (Å²) in [7, 11) is 0. The van der Waals surface area contributed by atoms with E-state index in [1.807, 2.05) is 0 Å². The largest absolute Gasteiger partial charge is 0.480 e. The van der Waals surface area contributed by atoms with E-state index in [0.717, 1.165) is 0 Å². The van der Waals surface area contributed by atoms with E-state index >= 15 is 0 Å². The van der Waals surface area contributed by atoms with Crippen molar-refractivity contribution in [3.05, 3.63) is 0 Å². The smallest absolute Gasteiger partial charge is 0.320 e. The maximum absolute atomic E-state index is 10.3. The van der Waals surface area contributed by atoms with Gasteiger partial charge in [-0.2, -0.15) is 0 Å². The van der Waals surface area contributed by atoms with Crippen LogP contribution in [0.3, 0.4) is 0 Å². The molecule has 3 N–H and O–H groups in total. The summed E-state index contributed by atoms with van der Waals surface area (Å²) in [5.74, 6) is -1.01. The molecule has 0 radical (unpaired) electrons. The van der Waals surface area contributed by atoms with Crippen molar-refractivity contribution in [2.45, 2.75) is 18.6 Å². The van der Waals surface area contributed by atoms with Gasteiger partial charge < -0.3 is 15.6 Å². The Bertz CT molecular complexity index is 181. The van der Waals surface area contributed by atoms with Crippen molar-refractivity contribution in [3.63, 3.8) is 0 Å². The molecule has 0 aromatic rings. The molecule has 0 aromatic heterocycles. The van der Waals surface area contributed by atoms with Crippen molar-refractivity contribution >= 4 is 12.2 Å². The van der Waals surface area contributed by atoms with Gasteiger partial charge in [-0.3, -0.25) is 9.79 Å². The average Bonchev–Trinajstić information content (AvgIpc) is 2.39. The molecule has 0 spiro atoms. The Kier molecular flexibility index (Phi) is 2.56. The first-order valence-electron chi connectivity index (χ1n) is 3.30. The van der Waals surface area contributed by atoms with Gasteiger partial charge in [0, 0.05) is 12.6 Å². The van der Waals surface area contributed by atoms with Gasteiger partial charge in [0.05, 0.1) is 6.10 Å². The number of aliphatic carboxylic acids is 1. The maximum atomic E-state index is 10.3. The number of nitrogens with zero attached hydrogens (tertiary/aromatic N) is 1. The van der Waals surface area contributed by atoms with Gasteiger partial charge >= 0.3 is 5.97 Å². The Morgan fingerprint density at radius 2 is 2.73 bits per heavy atom. The third-order valence-electron chi connectivity index (χ3n) is 1.44. The standard InChI is InChI=1S/C6H10N2O3/c7-5(6(9)10)1-4-2-8-3-11-4/h2,4-5H,1,3,7H2,(H,9,10). The van der Waals surface area contributed by atoms with Gasteiger partial charge in [-0.15, -0.1) is 0 Å². The van der Waals surface area contributed by atoms with E-state index in [4.69, 9.17) is 15.6 Å². The Morgan fingerprint density at radius 3 is 3.18 bits per heavy atom. The van der Waals surface area contributed by atoms with Crippen molar-refractivity contribution in [1.29, 1.82) is 0 Å². The predicted molar refractivity (Wildman–Crippen MR) is 38.5 cm³/mol. The fourth-order valence-electron chi connectivity index (χ4n) is 0.822. The topological polar surface area (TPSA) is 84.9 Å². The van der Waals surface area contributed by atoms with Crippen LogP contribution in [0.2, 0.25) is 0 Å². The van der Waals surface area contributed by atoms with E-state index in [0.29, 0.717) is 13.2 Å². The highest BCUT2D eigenvalue weighted by molar-refractivity contribution is 5.74. The normalized spacial score (nSPS) is 25.4. The molecule has 0 fully saturated rings. The number of carbonyl (C=O) groups is 1.